The van der Waals surface area contributed by atoms with Crippen molar-refractivity contribution in [2.24, 2.45) is 4.99 Å². The zero-order valence-electron chi connectivity index (χ0n) is 17.0. The number of carbonyl (C=O) groups excluding carboxylic acids is 1. The molecule has 0 saturated heterocycles. The van der Waals surface area contributed by atoms with Crippen LogP contribution in [0.1, 0.15) is 30.3 Å². The van der Waals surface area contributed by atoms with Crippen LogP contribution in [0.3, 0.4) is 0 Å². The third-order valence-corrected chi connectivity index (χ3v) is 7.55. The minimum atomic E-state index is -0.548. The Hall–Kier alpha value is -2.24. The normalized spacial score (nSPS) is 16.1. The number of hydrogen-bond acceptors (Lipinski definition) is 7. The molecule has 31 heavy (non-hydrogen) atoms. The zero-order valence-corrected chi connectivity index (χ0v) is 20.8. The largest absolute Gasteiger partial charge is 0.496 e. The van der Waals surface area contributed by atoms with E-state index in [4.69, 9.17) is 9.47 Å². The van der Waals surface area contributed by atoms with Crippen LogP contribution in [-0.4, -0.2) is 24.3 Å². The fourth-order valence-corrected chi connectivity index (χ4v) is 6.06. The van der Waals surface area contributed by atoms with Crippen LogP contribution in [0.25, 0.3) is 6.08 Å². The molecule has 0 bridgehead atoms. The summed E-state index contributed by atoms with van der Waals surface area (Å²) in [6.45, 7) is 3.81. The molecule has 0 spiro atoms. The topological polar surface area (TPSA) is 69.9 Å². The number of hydrogen-bond donors (Lipinski definition) is 0. The molecule has 0 amide bonds. The molecule has 9 heteroatoms. The highest BCUT2D eigenvalue weighted by atomic mass is 127. The molecule has 160 valence electrons. The maximum atomic E-state index is 13.4. The lowest BCUT2D eigenvalue weighted by Crippen LogP contribution is -2.39. The van der Waals surface area contributed by atoms with Crippen LogP contribution in [-0.2, 0) is 9.53 Å². The number of thiophene rings is 1. The van der Waals surface area contributed by atoms with Gasteiger partial charge in [0, 0.05) is 4.88 Å². The summed E-state index contributed by atoms with van der Waals surface area (Å²) in [5, 5.41) is 1.93. The predicted octanol–water partition coefficient (Wildman–Crippen LogP) is 3.47. The van der Waals surface area contributed by atoms with Gasteiger partial charge < -0.3 is 9.47 Å². The molecule has 3 heterocycles. The molecule has 1 atom stereocenters. The average Bonchev–Trinajstić information content (AvgIpc) is 3.36. The minimum Gasteiger partial charge on any atom is -0.496 e. The first kappa shape index (κ1) is 22.0. The summed E-state index contributed by atoms with van der Waals surface area (Å²) >= 11 is 5.02. The Kier molecular flexibility index (Phi) is 6.44. The van der Waals surface area contributed by atoms with E-state index in [2.05, 4.69) is 27.6 Å². The summed E-state index contributed by atoms with van der Waals surface area (Å²) in [6, 6.07) is 9.04. The summed E-state index contributed by atoms with van der Waals surface area (Å²) in [7, 11) is 1.63. The van der Waals surface area contributed by atoms with Gasteiger partial charge in [-0.2, -0.15) is 0 Å². The molecular weight excluding hydrogens is 547 g/mol. The summed E-state index contributed by atoms with van der Waals surface area (Å²) in [6.07, 6.45) is 1.85. The van der Waals surface area contributed by atoms with Crippen molar-refractivity contribution in [3.8, 4) is 5.75 Å². The van der Waals surface area contributed by atoms with E-state index in [0.717, 1.165) is 19.8 Å². The first-order valence-electron chi connectivity index (χ1n) is 9.51. The second kappa shape index (κ2) is 9.09. The van der Waals surface area contributed by atoms with Gasteiger partial charge in [0.15, 0.2) is 4.80 Å². The Labute approximate surface area is 200 Å². The molecule has 1 unspecified atom stereocenters. The number of esters is 1. The van der Waals surface area contributed by atoms with Crippen LogP contribution >= 0.6 is 45.3 Å². The standard InChI is InChI=1S/C22H19IN2O4S2/c1-4-29-21(27)18-12(2)24-22-25(19(18)16-6-5-9-30-16)20(26)17(31-22)11-13-7-8-15(28-3)14(23)10-13/h5-11,19H,4H2,1-3H3/b17-11-. The van der Waals surface area contributed by atoms with E-state index >= 15 is 0 Å². The summed E-state index contributed by atoms with van der Waals surface area (Å²) in [5.41, 5.74) is 1.69. The van der Waals surface area contributed by atoms with Crippen molar-refractivity contribution < 1.29 is 14.3 Å². The van der Waals surface area contributed by atoms with Gasteiger partial charge >= 0.3 is 5.97 Å². The van der Waals surface area contributed by atoms with Crippen molar-refractivity contribution >= 4 is 57.3 Å². The number of allylic oxidation sites excluding steroid dienone is 1. The lowest BCUT2D eigenvalue weighted by atomic mass is 10.0. The lowest BCUT2D eigenvalue weighted by Gasteiger charge is -2.23. The van der Waals surface area contributed by atoms with Crippen molar-refractivity contribution in [1.82, 2.24) is 4.57 Å². The monoisotopic (exact) mass is 566 g/mol. The minimum absolute atomic E-state index is 0.178. The smallest absolute Gasteiger partial charge is 0.338 e. The fraction of sp³-hybridized carbons (Fsp3) is 0.227. The van der Waals surface area contributed by atoms with Gasteiger partial charge in [-0.15, -0.1) is 11.3 Å². The Balaban J connectivity index is 1.91. The molecule has 0 N–H and O–H groups in total. The first-order chi connectivity index (χ1) is 14.9. The Bertz CT molecular complexity index is 1350. The third-order valence-electron chi connectivity index (χ3n) is 4.80. The number of nitrogens with zero attached hydrogens (tertiary/aromatic N) is 2. The van der Waals surface area contributed by atoms with E-state index in [-0.39, 0.29) is 12.2 Å². The van der Waals surface area contributed by atoms with E-state index < -0.39 is 12.0 Å². The molecule has 0 radical (unpaired) electrons. The number of carbonyl (C=O) groups is 1. The maximum absolute atomic E-state index is 13.4. The number of ether oxygens (including phenoxy) is 2. The molecule has 1 aromatic carbocycles. The van der Waals surface area contributed by atoms with Gasteiger partial charge in [0.05, 0.1) is 33.1 Å². The Morgan fingerprint density at radius 2 is 2.16 bits per heavy atom. The number of fused-ring (bicyclic) bond motifs is 1. The van der Waals surface area contributed by atoms with Crippen LogP contribution in [0, 0.1) is 3.57 Å². The van der Waals surface area contributed by atoms with Crippen LogP contribution in [0.4, 0.5) is 0 Å². The van der Waals surface area contributed by atoms with Gasteiger partial charge in [0.2, 0.25) is 0 Å². The average molecular weight is 566 g/mol. The number of rotatable bonds is 5. The van der Waals surface area contributed by atoms with Gasteiger partial charge in [-0.25, -0.2) is 9.79 Å². The lowest BCUT2D eigenvalue weighted by molar-refractivity contribution is -0.139. The highest BCUT2D eigenvalue weighted by molar-refractivity contribution is 14.1. The number of thiazole rings is 1. The SMILES string of the molecule is CCOC(=O)C1=C(C)N=c2s/c(=C\c3ccc(OC)c(I)c3)c(=O)n2C1c1cccs1. The Morgan fingerprint density at radius 3 is 2.81 bits per heavy atom. The van der Waals surface area contributed by atoms with E-state index in [0.29, 0.717) is 20.6 Å². The van der Waals surface area contributed by atoms with Crippen LogP contribution in [0.15, 0.2) is 56.8 Å². The number of benzene rings is 1. The summed E-state index contributed by atoms with van der Waals surface area (Å²) < 4.78 is 13.7. The second-order valence-electron chi connectivity index (χ2n) is 6.71. The molecule has 4 rings (SSSR count). The van der Waals surface area contributed by atoms with Crippen LogP contribution < -0.4 is 19.6 Å². The van der Waals surface area contributed by atoms with Crippen molar-refractivity contribution in [3.63, 3.8) is 0 Å². The third kappa shape index (κ3) is 4.13. The van der Waals surface area contributed by atoms with Gasteiger partial charge in [0.1, 0.15) is 11.8 Å². The van der Waals surface area contributed by atoms with Gasteiger partial charge in [-0.3, -0.25) is 9.36 Å². The van der Waals surface area contributed by atoms with E-state index in [1.54, 1.807) is 25.5 Å². The van der Waals surface area contributed by atoms with E-state index in [1.165, 1.54) is 22.7 Å². The molecule has 1 aliphatic heterocycles. The first-order valence-corrected chi connectivity index (χ1v) is 12.3. The number of aromatic nitrogens is 1. The maximum Gasteiger partial charge on any atom is 0.338 e. The number of halogens is 1. The van der Waals surface area contributed by atoms with Crippen molar-refractivity contribution in [2.75, 3.05) is 13.7 Å². The molecule has 6 nitrogen and oxygen atoms in total. The molecule has 3 aromatic rings. The van der Waals surface area contributed by atoms with Gasteiger partial charge in [0.25, 0.3) is 5.56 Å². The molecule has 0 aliphatic carbocycles. The van der Waals surface area contributed by atoms with Crippen molar-refractivity contribution in [2.45, 2.75) is 19.9 Å². The summed E-state index contributed by atoms with van der Waals surface area (Å²) in [5.74, 6) is 0.341. The second-order valence-corrected chi connectivity index (χ2v) is 9.86. The molecule has 0 saturated carbocycles. The fourth-order valence-electron chi connectivity index (χ4n) is 3.43. The molecular formula is C22H19IN2O4S2. The molecule has 1 aliphatic rings. The highest BCUT2D eigenvalue weighted by Crippen LogP contribution is 2.33. The quantitative estimate of drug-likeness (QED) is 0.351. The van der Waals surface area contributed by atoms with Crippen molar-refractivity contribution in [3.05, 3.63) is 80.7 Å². The zero-order chi connectivity index (χ0) is 22.1. The van der Waals surface area contributed by atoms with Crippen LogP contribution in [0.2, 0.25) is 0 Å². The van der Waals surface area contributed by atoms with Crippen LogP contribution in [0.5, 0.6) is 5.75 Å². The highest BCUT2D eigenvalue weighted by Gasteiger charge is 2.33. The van der Waals surface area contributed by atoms with Gasteiger partial charge in [-0.05, 0) is 71.7 Å². The predicted molar refractivity (Wildman–Crippen MR) is 130 cm³/mol. The summed E-state index contributed by atoms with van der Waals surface area (Å²) in [4.78, 5) is 32.3. The Morgan fingerprint density at radius 1 is 1.35 bits per heavy atom. The van der Waals surface area contributed by atoms with E-state index in [9.17, 15) is 9.59 Å². The van der Waals surface area contributed by atoms with Crippen molar-refractivity contribution in [1.29, 1.82) is 0 Å². The number of methoxy groups -OCH3 is 1. The molecule has 2 aromatic heterocycles. The van der Waals surface area contributed by atoms with E-state index in [1.807, 2.05) is 41.8 Å². The van der Waals surface area contributed by atoms with Gasteiger partial charge in [-0.1, -0.05) is 23.5 Å². The molecule has 0 fully saturated rings.